The van der Waals surface area contributed by atoms with Crippen molar-refractivity contribution in [1.82, 2.24) is 21.3 Å². The van der Waals surface area contributed by atoms with Gasteiger partial charge in [-0.3, -0.25) is 19.2 Å². The molecule has 0 aromatic heterocycles. The maximum Gasteiger partial charge on any atom is 0.364 e. The number of carboxylic acid groups (broad SMARTS) is 2. The summed E-state index contributed by atoms with van der Waals surface area (Å²) in [6.07, 6.45) is -7.24. The minimum atomic E-state index is -3.59. The molecule has 38 nitrogen and oxygen atoms in total. The molecule has 5 aliphatic rings. The van der Waals surface area contributed by atoms with Gasteiger partial charge in [0.1, 0.15) is 110 Å². The van der Waals surface area contributed by atoms with Crippen molar-refractivity contribution >= 4 is 35.6 Å². The number of aliphatic carboxylic acids is 2. The highest BCUT2D eigenvalue weighted by Crippen LogP contribution is 2.43. The molecule has 720 valence electrons. The SMILES string of the molecule is CCCCCCCCC=CCCCCCCCCCCCCCCCC(=O)N[C@@H](CO[C@@H]1O[C@H](CO)[C@@H](O[C@@H]2O[C@H](CO)[C@H](O[C@@H]3O[C@H](CO)[C@H](O)[C@H](O)[C@H]3NC(C)=O)[C@H](O[C@]3(C(=O)O)C[C@H](O)[C@@H](NC(C)=O)C([C@H](O)[C@@H](CO)O[C@]4(C(=O)O)C[C@H](O)[C@@H](NC(C)=O)C([C@H](O)[C@H](O)CO)O4)O3)[C@H]2O)[C@H](O)[C@H]1O)[C@H](O)C=CCCCCCCCCCCCCC. The van der Waals surface area contributed by atoms with Crippen molar-refractivity contribution < 1.29 is 168 Å². The third-order valence-corrected chi connectivity index (χ3v) is 23.6. The Morgan fingerprint density at radius 2 is 0.847 bits per heavy atom. The van der Waals surface area contributed by atoms with Gasteiger partial charge in [0.25, 0.3) is 11.6 Å². The molecule has 0 saturated carbocycles. The maximum atomic E-state index is 14.2. The van der Waals surface area contributed by atoms with E-state index >= 15 is 0 Å². The smallest absolute Gasteiger partial charge is 0.364 e. The van der Waals surface area contributed by atoms with E-state index in [1.807, 2.05) is 0 Å². The maximum absolute atomic E-state index is 14.2. The van der Waals surface area contributed by atoms with E-state index in [0.29, 0.717) is 12.8 Å². The quantitative estimate of drug-likeness (QED) is 0.0300. The van der Waals surface area contributed by atoms with Crippen molar-refractivity contribution in [2.24, 2.45) is 0 Å². The lowest BCUT2D eigenvalue weighted by atomic mass is 9.87. The molecule has 22 N–H and O–H groups in total. The normalized spacial score (nSPS) is 32.0. The van der Waals surface area contributed by atoms with Crippen LogP contribution in [0.4, 0.5) is 0 Å². The Morgan fingerprint density at radius 3 is 1.31 bits per heavy atom. The number of allylic oxidation sites excluding steroid dienone is 3. The summed E-state index contributed by atoms with van der Waals surface area (Å²) in [7, 11) is 0. The van der Waals surface area contributed by atoms with Crippen molar-refractivity contribution in [1.29, 1.82) is 0 Å². The molecule has 4 amide bonds. The molecule has 29 atom stereocenters. The van der Waals surface area contributed by atoms with Gasteiger partial charge in [-0.05, 0) is 44.9 Å². The number of unbranched alkanes of at least 4 members (excludes halogenated alkanes) is 30. The van der Waals surface area contributed by atoms with Gasteiger partial charge in [0.05, 0.1) is 76.1 Å². The zero-order valence-corrected chi connectivity index (χ0v) is 73.2. The van der Waals surface area contributed by atoms with Gasteiger partial charge in [0, 0.05) is 40.0 Å². The third-order valence-electron chi connectivity index (χ3n) is 23.6. The fourth-order valence-electron chi connectivity index (χ4n) is 16.5. The first-order valence-electron chi connectivity index (χ1n) is 45.4. The van der Waals surface area contributed by atoms with Crippen LogP contribution in [0, 0.1) is 0 Å². The number of carbonyl (C=O) groups is 6. The average Bonchev–Trinajstić information content (AvgIpc) is 0.746. The second kappa shape index (κ2) is 58.8. The second-order valence-electron chi connectivity index (χ2n) is 33.9. The van der Waals surface area contributed by atoms with Gasteiger partial charge in [0.15, 0.2) is 18.9 Å². The minimum Gasteiger partial charge on any atom is -0.477 e. The topological polar surface area (TPSA) is 607 Å². The van der Waals surface area contributed by atoms with Crippen LogP contribution >= 0.6 is 0 Å². The number of hydrogen-bond donors (Lipinski definition) is 22. The Bertz CT molecular complexity index is 3060. The van der Waals surface area contributed by atoms with E-state index in [1.165, 1.54) is 134 Å². The van der Waals surface area contributed by atoms with Crippen LogP contribution in [0.25, 0.3) is 0 Å². The molecule has 38 heteroatoms. The molecule has 124 heavy (non-hydrogen) atoms. The molecule has 5 saturated heterocycles. The zero-order chi connectivity index (χ0) is 91.5. The number of carboxylic acids is 2. The number of nitrogens with one attached hydrogen (secondary N) is 4. The summed E-state index contributed by atoms with van der Waals surface area (Å²) in [6.45, 7) is 0.547. The first kappa shape index (κ1) is 110. The Labute approximate surface area is 728 Å². The van der Waals surface area contributed by atoms with E-state index in [1.54, 1.807) is 6.08 Å². The van der Waals surface area contributed by atoms with Gasteiger partial charge < -0.3 is 161 Å². The molecule has 0 radical (unpaired) electrons. The predicted octanol–water partition coefficient (Wildman–Crippen LogP) is 1.20. The average molecular weight is 1790 g/mol. The van der Waals surface area contributed by atoms with Crippen LogP contribution in [0.15, 0.2) is 24.3 Å². The highest BCUT2D eigenvalue weighted by molar-refractivity contribution is 5.78. The zero-order valence-electron chi connectivity index (χ0n) is 73.2. The number of aliphatic hydroxyl groups excluding tert-OH is 16. The summed E-state index contributed by atoms with van der Waals surface area (Å²) in [5.74, 6) is -14.6. The van der Waals surface area contributed by atoms with Crippen LogP contribution in [0.1, 0.15) is 266 Å². The van der Waals surface area contributed by atoms with E-state index in [4.69, 9.17) is 47.4 Å². The van der Waals surface area contributed by atoms with Gasteiger partial charge in [-0.2, -0.15) is 0 Å². The van der Waals surface area contributed by atoms with Gasteiger partial charge in [-0.25, -0.2) is 9.59 Å². The Balaban J connectivity index is 1.37. The first-order valence-corrected chi connectivity index (χ1v) is 45.4. The van der Waals surface area contributed by atoms with Crippen molar-refractivity contribution in [2.75, 3.05) is 39.6 Å². The summed E-state index contributed by atoms with van der Waals surface area (Å²) in [5, 5.41) is 213. The summed E-state index contributed by atoms with van der Waals surface area (Å²) in [4.78, 5) is 79.3. The summed E-state index contributed by atoms with van der Waals surface area (Å²) < 4.78 is 60.0. The highest BCUT2D eigenvalue weighted by atomic mass is 16.8. The van der Waals surface area contributed by atoms with Crippen LogP contribution in [0.5, 0.6) is 0 Å². The molecular formula is C86H152N4O34. The molecule has 0 bridgehead atoms. The minimum absolute atomic E-state index is 0.110. The van der Waals surface area contributed by atoms with E-state index in [2.05, 4.69) is 47.3 Å². The summed E-state index contributed by atoms with van der Waals surface area (Å²) >= 11 is 0. The molecule has 5 fully saturated rings. The highest BCUT2D eigenvalue weighted by Gasteiger charge is 2.64. The van der Waals surface area contributed by atoms with Gasteiger partial charge >= 0.3 is 11.9 Å². The molecule has 0 aromatic carbocycles. The van der Waals surface area contributed by atoms with Crippen molar-refractivity contribution in [2.45, 2.75) is 442 Å². The number of carbonyl (C=O) groups excluding carboxylic acids is 4. The molecule has 0 spiro atoms. The fourth-order valence-corrected chi connectivity index (χ4v) is 16.5. The molecule has 0 aliphatic carbocycles. The van der Waals surface area contributed by atoms with E-state index in [-0.39, 0.29) is 6.42 Å². The lowest BCUT2D eigenvalue weighted by Crippen LogP contribution is -2.72. The Kier molecular flexibility index (Phi) is 52.1. The molecule has 5 aliphatic heterocycles. The second-order valence-corrected chi connectivity index (χ2v) is 33.9. The van der Waals surface area contributed by atoms with Crippen LogP contribution in [-0.2, 0) is 76.1 Å². The number of ether oxygens (including phenoxy) is 10. The van der Waals surface area contributed by atoms with Crippen LogP contribution < -0.4 is 21.3 Å². The third kappa shape index (κ3) is 35.2. The summed E-state index contributed by atoms with van der Waals surface area (Å²) in [5.41, 5.74) is 0. The predicted molar refractivity (Wildman–Crippen MR) is 444 cm³/mol. The van der Waals surface area contributed by atoms with Gasteiger partial charge in [-0.15, -0.1) is 0 Å². The number of amides is 4. The lowest BCUT2D eigenvalue weighted by molar-refractivity contribution is -0.402. The molecule has 2 unspecified atom stereocenters. The number of aliphatic hydroxyl groups is 16. The molecule has 5 heterocycles. The first-order chi connectivity index (χ1) is 59.3. The van der Waals surface area contributed by atoms with Crippen LogP contribution in [0.2, 0.25) is 0 Å². The standard InChI is InChI=1S/C86H152N4O34/c1-6-8-10-12-14-16-18-20-21-22-23-24-25-26-27-28-29-31-33-35-37-39-41-43-64(103)90-55(56(99)42-40-38-36-34-32-30-19-17-15-13-11-9-7-2)51-115-81-73(109)72(108)75(62(49-94)117-81)119-82-74(110)79(76(63(50-95)118-82)120-80-67(89-54(5)98)71(107)69(105)60(47-92)116-80)124-86(84(113)114)45-58(101)66(88-53(4)97)78(123-86)70(106)61(48-93)121-85(83(111)112)44-57(100)65(87-52(3)96)77(122-85)68(104)59(102)46-91/h20-21,40,42,55-63,65-82,91-95,99-102,104-110H,6-19,22-39,41,43-51H2,1-5H3,(H,87,96)(H,88,97)(H,89,98)(H,90,103)(H,111,112)(H,113,114)/t55-,56+,57-,58-,59+,60+,61+,62+,63+,65+,66+,67+,68+,69-,70+,71+,72+,73+,74+,75+,76-,77?,78?,79+,80-,81+,82-,85+,86-/m0/s1. The van der Waals surface area contributed by atoms with Crippen LogP contribution in [0.3, 0.4) is 0 Å². The fraction of sp³-hybridized carbons (Fsp3) is 0.884. The Hall–Kier alpha value is -4.74. The van der Waals surface area contributed by atoms with Crippen molar-refractivity contribution in [3.8, 4) is 0 Å². The number of hydrogen-bond acceptors (Lipinski definition) is 32. The van der Waals surface area contributed by atoms with Crippen molar-refractivity contribution in [3.63, 3.8) is 0 Å². The van der Waals surface area contributed by atoms with Gasteiger partial charge in [0.2, 0.25) is 23.6 Å². The van der Waals surface area contributed by atoms with Crippen LogP contribution in [-0.4, -0.2) is 344 Å². The van der Waals surface area contributed by atoms with E-state index < -0.39 is 265 Å². The Morgan fingerprint density at radius 1 is 0.435 bits per heavy atom. The molecular weight excluding hydrogens is 1630 g/mol. The van der Waals surface area contributed by atoms with E-state index in [0.717, 1.165) is 91.4 Å². The largest absolute Gasteiger partial charge is 0.477 e. The van der Waals surface area contributed by atoms with Gasteiger partial charge in [-0.1, -0.05) is 205 Å². The monoisotopic (exact) mass is 1790 g/mol. The molecule has 5 rings (SSSR count). The van der Waals surface area contributed by atoms with Crippen molar-refractivity contribution in [3.05, 3.63) is 24.3 Å². The van der Waals surface area contributed by atoms with E-state index in [9.17, 15) is 121 Å². The lowest BCUT2D eigenvalue weighted by Gasteiger charge is -2.52. The summed E-state index contributed by atoms with van der Waals surface area (Å²) in [6, 6.07) is -6.83. The molecule has 0 aromatic rings. The number of rotatable bonds is 63.